The predicted molar refractivity (Wildman–Crippen MR) is 133 cm³/mol. The molecule has 34 heavy (non-hydrogen) atoms. The van der Waals surface area contributed by atoms with Gasteiger partial charge >= 0.3 is 0 Å². The van der Waals surface area contributed by atoms with E-state index in [1.807, 2.05) is 4.90 Å². The van der Waals surface area contributed by atoms with E-state index >= 15 is 0 Å². The molecule has 0 spiro atoms. The average Bonchev–Trinajstić information content (AvgIpc) is 2.89. The summed E-state index contributed by atoms with van der Waals surface area (Å²) in [6.07, 6.45) is 3.05. The van der Waals surface area contributed by atoms with Gasteiger partial charge in [-0.3, -0.25) is 13.9 Å². The molecule has 1 fully saturated rings. The van der Waals surface area contributed by atoms with Gasteiger partial charge in [0.05, 0.1) is 27.4 Å². The van der Waals surface area contributed by atoms with Crippen LogP contribution in [0.5, 0.6) is 0 Å². The van der Waals surface area contributed by atoms with Crippen molar-refractivity contribution in [2.24, 2.45) is 0 Å². The van der Waals surface area contributed by atoms with Crippen molar-refractivity contribution in [1.29, 1.82) is 0 Å². The number of likely N-dealkylation sites (tertiary alicyclic amines) is 1. The Kier molecular flexibility index (Phi) is 6.98. The van der Waals surface area contributed by atoms with Crippen LogP contribution < -0.4 is 9.62 Å². The van der Waals surface area contributed by atoms with Crippen molar-refractivity contribution < 1.29 is 18.0 Å². The van der Waals surface area contributed by atoms with Crippen LogP contribution in [0, 0.1) is 0 Å². The Balaban J connectivity index is 1.62. The zero-order valence-electron chi connectivity index (χ0n) is 19.0. The number of rotatable bonds is 6. The lowest BCUT2D eigenvalue weighted by Crippen LogP contribution is -2.36. The summed E-state index contributed by atoms with van der Waals surface area (Å²) in [6, 6.07) is 21.5. The van der Waals surface area contributed by atoms with Gasteiger partial charge in [-0.05, 0) is 55.7 Å². The molecule has 1 aliphatic heterocycles. The van der Waals surface area contributed by atoms with Crippen molar-refractivity contribution in [2.45, 2.75) is 24.2 Å². The summed E-state index contributed by atoms with van der Waals surface area (Å²) in [4.78, 5) is 28.3. The molecule has 0 radical (unpaired) electrons. The minimum atomic E-state index is -3.86. The number of anilines is 2. The SMILES string of the molecule is CN(c1ccccc1C(=O)Nc1ccccc1C(=O)N1CCCCC1)S(=O)(=O)c1ccccc1. The second kappa shape index (κ2) is 10.1. The molecule has 0 aromatic heterocycles. The lowest BCUT2D eigenvalue weighted by molar-refractivity contribution is 0.0725. The van der Waals surface area contributed by atoms with Gasteiger partial charge in [-0.1, -0.05) is 42.5 Å². The van der Waals surface area contributed by atoms with Crippen LogP contribution in [0.1, 0.15) is 40.0 Å². The van der Waals surface area contributed by atoms with Crippen molar-refractivity contribution in [3.8, 4) is 0 Å². The molecule has 4 rings (SSSR count). The van der Waals surface area contributed by atoms with Crippen molar-refractivity contribution in [3.63, 3.8) is 0 Å². The minimum Gasteiger partial charge on any atom is -0.339 e. The summed E-state index contributed by atoms with van der Waals surface area (Å²) in [5.41, 5.74) is 1.24. The van der Waals surface area contributed by atoms with Crippen molar-refractivity contribution in [3.05, 3.63) is 90.0 Å². The summed E-state index contributed by atoms with van der Waals surface area (Å²) in [6.45, 7) is 1.40. The first-order chi connectivity index (χ1) is 16.4. The summed E-state index contributed by atoms with van der Waals surface area (Å²) in [5, 5.41) is 2.83. The molecule has 3 aromatic carbocycles. The third-order valence-corrected chi connectivity index (χ3v) is 7.72. The molecule has 176 valence electrons. The van der Waals surface area contributed by atoms with Gasteiger partial charge in [0, 0.05) is 20.1 Å². The predicted octanol–water partition coefficient (Wildman–Crippen LogP) is 4.39. The standard InChI is InChI=1S/C26H27N3O4S/c1-28(34(32,33)20-12-4-2-5-13-20)24-17-9-7-15-22(24)25(30)27-23-16-8-6-14-21(23)26(31)29-18-10-3-11-19-29/h2,4-9,12-17H,3,10-11,18-19H2,1H3,(H,27,30). The van der Waals surface area contributed by atoms with Crippen molar-refractivity contribution >= 4 is 33.2 Å². The highest BCUT2D eigenvalue weighted by Crippen LogP contribution is 2.27. The number of piperidine rings is 1. The zero-order chi connectivity index (χ0) is 24.1. The highest BCUT2D eigenvalue weighted by Gasteiger charge is 2.26. The summed E-state index contributed by atoms with van der Waals surface area (Å²) in [5.74, 6) is -0.614. The van der Waals surface area contributed by atoms with Gasteiger partial charge in [0.2, 0.25) is 0 Å². The Morgan fingerprint density at radius 3 is 2.09 bits per heavy atom. The molecule has 0 bridgehead atoms. The van der Waals surface area contributed by atoms with E-state index in [2.05, 4.69) is 5.32 Å². The van der Waals surface area contributed by atoms with Crippen LogP contribution in [-0.4, -0.2) is 45.3 Å². The topological polar surface area (TPSA) is 86.8 Å². The summed E-state index contributed by atoms with van der Waals surface area (Å²) in [7, 11) is -2.45. The normalized spacial score (nSPS) is 13.9. The molecule has 1 aliphatic rings. The van der Waals surface area contributed by atoms with Crippen LogP contribution in [0.3, 0.4) is 0 Å². The molecule has 8 heteroatoms. The molecule has 0 saturated carbocycles. The number of benzene rings is 3. The van der Waals surface area contributed by atoms with Gasteiger partial charge in [-0.2, -0.15) is 0 Å². The van der Waals surface area contributed by atoms with Crippen LogP contribution in [0.4, 0.5) is 11.4 Å². The minimum absolute atomic E-state index is 0.118. The fraction of sp³-hybridized carbons (Fsp3) is 0.231. The van der Waals surface area contributed by atoms with Crippen LogP contribution in [0.25, 0.3) is 0 Å². The quantitative estimate of drug-likeness (QED) is 0.571. The second-order valence-corrected chi connectivity index (χ2v) is 10.1. The third-order valence-electron chi connectivity index (χ3n) is 5.94. The monoisotopic (exact) mass is 477 g/mol. The average molecular weight is 478 g/mol. The highest BCUT2D eigenvalue weighted by atomic mass is 32.2. The number of nitrogens with zero attached hydrogens (tertiary/aromatic N) is 2. The molecule has 1 N–H and O–H groups in total. The molecule has 3 aromatic rings. The van der Waals surface area contributed by atoms with Gasteiger partial charge in [-0.15, -0.1) is 0 Å². The van der Waals surface area contributed by atoms with Crippen molar-refractivity contribution in [2.75, 3.05) is 29.8 Å². The number of amides is 2. The maximum Gasteiger partial charge on any atom is 0.264 e. The smallest absolute Gasteiger partial charge is 0.264 e. The first kappa shape index (κ1) is 23.5. The number of hydrogen-bond acceptors (Lipinski definition) is 4. The molecule has 7 nitrogen and oxygen atoms in total. The molecule has 0 aliphatic carbocycles. The maximum atomic E-state index is 13.3. The van der Waals surface area contributed by atoms with Crippen molar-refractivity contribution in [1.82, 2.24) is 4.90 Å². The number of para-hydroxylation sites is 2. The molecular weight excluding hydrogens is 450 g/mol. The Bertz CT molecular complexity index is 1290. The van der Waals surface area contributed by atoms with Gasteiger partial charge in [-0.25, -0.2) is 8.42 Å². The Morgan fingerprint density at radius 1 is 0.794 bits per heavy atom. The number of carbonyl (C=O) groups is 2. The Labute approximate surface area is 200 Å². The van der Waals surface area contributed by atoms with E-state index in [1.165, 1.54) is 19.2 Å². The summed E-state index contributed by atoms with van der Waals surface area (Å²) >= 11 is 0. The van der Waals surface area contributed by atoms with Crippen LogP contribution in [0.2, 0.25) is 0 Å². The molecule has 1 saturated heterocycles. The van der Waals surface area contributed by atoms with Crippen LogP contribution in [-0.2, 0) is 10.0 Å². The van der Waals surface area contributed by atoms with Crippen LogP contribution in [0.15, 0.2) is 83.8 Å². The van der Waals surface area contributed by atoms with Crippen LogP contribution >= 0.6 is 0 Å². The molecule has 0 unspecified atom stereocenters. The maximum absolute atomic E-state index is 13.3. The van der Waals surface area contributed by atoms with E-state index in [0.29, 0.717) is 24.3 Å². The Morgan fingerprint density at radius 2 is 1.38 bits per heavy atom. The Hall–Kier alpha value is -3.65. The van der Waals surface area contributed by atoms with E-state index in [4.69, 9.17) is 0 Å². The molecule has 2 amide bonds. The van der Waals surface area contributed by atoms with Gasteiger partial charge in [0.1, 0.15) is 0 Å². The van der Waals surface area contributed by atoms with E-state index in [0.717, 1.165) is 23.6 Å². The van der Waals surface area contributed by atoms with E-state index in [9.17, 15) is 18.0 Å². The largest absolute Gasteiger partial charge is 0.339 e. The first-order valence-corrected chi connectivity index (χ1v) is 12.7. The highest BCUT2D eigenvalue weighted by molar-refractivity contribution is 7.92. The van der Waals surface area contributed by atoms with E-state index in [-0.39, 0.29) is 22.1 Å². The number of hydrogen-bond donors (Lipinski definition) is 1. The fourth-order valence-electron chi connectivity index (χ4n) is 4.06. The first-order valence-electron chi connectivity index (χ1n) is 11.2. The lowest BCUT2D eigenvalue weighted by Gasteiger charge is -2.27. The second-order valence-electron chi connectivity index (χ2n) is 8.16. The van der Waals surface area contributed by atoms with Gasteiger partial charge in [0.25, 0.3) is 21.8 Å². The van der Waals surface area contributed by atoms with Gasteiger partial charge < -0.3 is 10.2 Å². The van der Waals surface area contributed by atoms with E-state index < -0.39 is 15.9 Å². The fourth-order valence-corrected chi connectivity index (χ4v) is 5.29. The summed E-state index contributed by atoms with van der Waals surface area (Å²) < 4.78 is 27.4. The lowest BCUT2D eigenvalue weighted by atomic mass is 10.1. The molecule has 0 atom stereocenters. The van der Waals surface area contributed by atoms with E-state index in [1.54, 1.807) is 66.7 Å². The number of sulfonamides is 1. The number of carbonyl (C=O) groups excluding carboxylic acids is 2. The third kappa shape index (κ3) is 4.82. The molecular formula is C26H27N3O4S. The molecule has 1 heterocycles. The van der Waals surface area contributed by atoms with Gasteiger partial charge in [0.15, 0.2) is 0 Å². The number of nitrogens with one attached hydrogen (secondary N) is 1. The zero-order valence-corrected chi connectivity index (χ0v) is 19.8.